The summed E-state index contributed by atoms with van der Waals surface area (Å²) in [6, 6.07) is 14.7. The van der Waals surface area contributed by atoms with Gasteiger partial charge in [-0.15, -0.1) is 0 Å². The van der Waals surface area contributed by atoms with Gasteiger partial charge in [0.1, 0.15) is 5.69 Å². The molecule has 0 spiro atoms. The van der Waals surface area contributed by atoms with Gasteiger partial charge in [-0.25, -0.2) is 8.42 Å². The molecule has 0 radical (unpaired) electrons. The van der Waals surface area contributed by atoms with E-state index in [9.17, 15) is 18.5 Å². The van der Waals surface area contributed by atoms with Crippen molar-refractivity contribution >= 4 is 32.8 Å². The molecule has 11 heteroatoms. The standard InChI is InChI=1S/C25H26N4O6S/c1-16-4-9-21(17(2)12-16)28-36(32,33)20-8-10-22(23(14-20)29(30)31)27-26-18(3)5-6-19-7-11-24-25(13-19)35-15-34-24/h4,7-14,27-28H,5-6,15H2,1-3H3. The van der Waals surface area contributed by atoms with Crippen molar-refractivity contribution in [1.82, 2.24) is 0 Å². The molecule has 188 valence electrons. The number of hydrogen-bond donors (Lipinski definition) is 2. The molecule has 0 saturated carbocycles. The van der Waals surface area contributed by atoms with Crippen LogP contribution in [0.25, 0.3) is 0 Å². The van der Waals surface area contributed by atoms with Crippen LogP contribution in [-0.2, 0) is 16.4 Å². The number of nitrogens with one attached hydrogen (secondary N) is 2. The van der Waals surface area contributed by atoms with Gasteiger partial charge >= 0.3 is 0 Å². The number of benzene rings is 3. The van der Waals surface area contributed by atoms with E-state index in [1.807, 2.05) is 31.2 Å². The van der Waals surface area contributed by atoms with E-state index in [1.54, 1.807) is 26.0 Å². The molecule has 2 N–H and O–H groups in total. The van der Waals surface area contributed by atoms with Crippen LogP contribution in [0.3, 0.4) is 0 Å². The van der Waals surface area contributed by atoms with Crippen molar-refractivity contribution < 1.29 is 22.8 Å². The predicted octanol–water partition coefficient (Wildman–Crippen LogP) is 5.16. The van der Waals surface area contributed by atoms with E-state index >= 15 is 0 Å². The van der Waals surface area contributed by atoms with E-state index < -0.39 is 20.6 Å². The molecule has 0 atom stereocenters. The maximum atomic E-state index is 12.9. The minimum absolute atomic E-state index is 0.0906. The van der Waals surface area contributed by atoms with Crippen molar-refractivity contribution in [1.29, 1.82) is 0 Å². The second-order valence-corrected chi connectivity index (χ2v) is 10.2. The Hall–Kier alpha value is -4.12. The lowest BCUT2D eigenvalue weighted by atomic mass is 10.1. The molecular weight excluding hydrogens is 484 g/mol. The minimum atomic E-state index is -4.03. The van der Waals surface area contributed by atoms with Crippen molar-refractivity contribution in [2.75, 3.05) is 16.9 Å². The van der Waals surface area contributed by atoms with E-state index in [-0.39, 0.29) is 17.4 Å². The monoisotopic (exact) mass is 510 g/mol. The SMILES string of the molecule is CC(CCc1ccc2c(c1)OCO2)=NNc1ccc(S(=O)(=O)Nc2ccc(C)cc2C)cc1[N+](=O)[O-]. The second-order valence-electron chi connectivity index (χ2n) is 8.51. The summed E-state index contributed by atoms with van der Waals surface area (Å²) in [5.74, 6) is 1.42. The van der Waals surface area contributed by atoms with Crippen LogP contribution >= 0.6 is 0 Å². The first-order valence-electron chi connectivity index (χ1n) is 11.2. The van der Waals surface area contributed by atoms with E-state index in [2.05, 4.69) is 15.2 Å². The quantitative estimate of drug-likeness (QED) is 0.231. The highest BCUT2D eigenvalue weighted by Gasteiger charge is 2.22. The number of anilines is 2. The Bertz CT molecular complexity index is 1450. The number of nitrogens with zero attached hydrogens (tertiary/aromatic N) is 2. The minimum Gasteiger partial charge on any atom is -0.454 e. The summed E-state index contributed by atoms with van der Waals surface area (Å²) in [5.41, 5.74) is 6.31. The van der Waals surface area contributed by atoms with Gasteiger partial charge in [0.15, 0.2) is 11.5 Å². The number of nitro groups is 1. The van der Waals surface area contributed by atoms with Crippen LogP contribution in [0, 0.1) is 24.0 Å². The lowest BCUT2D eigenvalue weighted by Gasteiger charge is -2.12. The highest BCUT2D eigenvalue weighted by molar-refractivity contribution is 7.92. The highest BCUT2D eigenvalue weighted by atomic mass is 32.2. The first kappa shape index (κ1) is 25.0. The zero-order valence-corrected chi connectivity index (χ0v) is 20.9. The second kappa shape index (κ2) is 10.2. The number of sulfonamides is 1. The van der Waals surface area contributed by atoms with Crippen LogP contribution in [0.2, 0.25) is 0 Å². The number of hydrazone groups is 1. The third kappa shape index (κ3) is 5.74. The molecular formula is C25H26N4O6S. The maximum Gasteiger partial charge on any atom is 0.295 e. The Morgan fingerprint density at radius 2 is 1.78 bits per heavy atom. The van der Waals surface area contributed by atoms with Crippen molar-refractivity contribution in [2.24, 2.45) is 5.10 Å². The summed E-state index contributed by atoms with van der Waals surface area (Å²) in [6.07, 6.45) is 1.30. The summed E-state index contributed by atoms with van der Waals surface area (Å²) in [7, 11) is -4.03. The van der Waals surface area contributed by atoms with Crippen molar-refractivity contribution in [3.8, 4) is 11.5 Å². The van der Waals surface area contributed by atoms with Gasteiger partial charge in [-0.1, -0.05) is 23.8 Å². The fourth-order valence-corrected chi connectivity index (χ4v) is 4.84. The largest absolute Gasteiger partial charge is 0.454 e. The van der Waals surface area contributed by atoms with Crippen molar-refractivity contribution in [3.63, 3.8) is 0 Å². The first-order chi connectivity index (χ1) is 17.1. The van der Waals surface area contributed by atoms with Crippen LogP contribution < -0.4 is 19.6 Å². The molecule has 0 unspecified atom stereocenters. The average molecular weight is 511 g/mol. The molecule has 10 nitrogen and oxygen atoms in total. The molecule has 0 fully saturated rings. The fourth-order valence-electron chi connectivity index (χ4n) is 3.69. The molecule has 0 amide bonds. The zero-order chi connectivity index (χ0) is 25.9. The number of rotatable bonds is 9. The molecule has 1 aliphatic rings. The third-order valence-electron chi connectivity index (χ3n) is 5.68. The predicted molar refractivity (Wildman–Crippen MR) is 137 cm³/mol. The average Bonchev–Trinajstić information content (AvgIpc) is 3.31. The van der Waals surface area contributed by atoms with Gasteiger partial charge in [-0.05, 0) is 75.1 Å². The van der Waals surface area contributed by atoms with Crippen molar-refractivity contribution in [3.05, 3.63) is 81.4 Å². The molecule has 3 aromatic rings. The lowest BCUT2D eigenvalue weighted by Crippen LogP contribution is -2.14. The van der Waals surface area contributed by atoms with Gasteiger partial charge in [-0.3, -0.25) is 20.3 Å². The number of aryl methyl sites for hydroxylation is 3. The fraction of sp³-hybridized carbons (Fsp3) is 0.240. The maximum absolute atomic E-state index is 12.9. The lowest BCUT2D eigenvalue weighted by molar-refractivity contribution is -0.384. The zero-order valence-electron chi connectivity index (χ0n) is 20.1. The molecule has 36 heavy (non-hydrogen) atoms. The smallest absolute Gasteiger partial charge is 0.295 e. The highest BCUT2D eigenvalue weighted by Crippen LogP contribution is 2.33. The Morgan fingerprint density at radius 1 is 1.03 bits per heavy atom. The Morgan fingerprint density at radius 3 is 2.53 bits per heavy atom. The number of hydrogen-bond acceptors (Lipinski definition) is 8. The summed E-state index contributed by atoms with van der Waals surface area (Å²) < 4.78 is 39.0. The van der Waals surface area contributed by atoms with Crippen LogP contribution in [0.5, 0.6) is 11.5 Å². The molecule has 0 aliphatic carbocycles. The first-order valence-corrected chi connectivity index (χ1v) is 12.7. The molecule has 4 rings (SSSR count). The van der Waals surface area contributed by atoms with E-state index in [4.69, 9.17) is 9.47 Å². The third-order valence-corrected chi connectivity index (χ3v) is 7.05. The van der Waals surface area contributed by atoms with Crippen LogP contribution in [-0.4, -0.2) is 25.8 Å². The number of ether oxygens (including phenoxy) is 2. The molecule has 3 aromatic carbocycles. The summed E-state index contributed by atoms with van der Waals surface area (Å²) in [4.78, 5) is 10.8. The van der Waals surface area contributed by atoms with Gasteiger partial charge < -0.3 is 9.47 Å². The summed E-state index contributed by atoms with van der Waals surface area (Å²) >= 11 is 0. The Labute approximate surface area is 209 Å². The van der Waals surface area contributed by atoms with Crippen LogP contribution in [0.15, 0.2) is 64.6 Å². The Balaban J connectivity index is 1.46. The molecule has 0 aromatic heterocycles. The number of fused-ring (bicyclic) bond motifs is 1. The van der Waals surface area contributed by atoms with Gasteiger partial charge in [0.2, 0.25) is 6.79 Å². The topological polar surface area (TPSA) is 132 Å². The van der Waals surface area contributed by atoms with Crippen LogP contribution in [0.1, 0.15) is 30.0 Å². The van der Waals surface area contributed by atoms with Gasteiger partial charge in [0, 0.05) is 11.8 Å². The molecule has 0 bridgehead atoms. The van der Waals surface area contributed by atoms with Crippen LogP contribution in [0.4, 0.5) is 17.1 Å². The van der Waals surface area contributed by atoms with E-state index in [0.717, 1.165) is 28.5 Å². The van der Waals surface area contributed by atoms with E-state index in [1.165, 1.54) is 12.1 Å². The van der Waals surface area contributed by atoms with Gasteiger partial charge in [0.05, 0.1) is 15.5 Å². The number of nitro benzene ring substituents is 1. The summed E-state index contributed by atoms with van der Waals surface area (Å²) in [5, 5.41) is 15.9. The Kier molecular flexibility index (Phi) is 7.11. The molecule has 1 aliphatic heterocycles. The summed E-state index contributed by atoms with van der Waals surface area (Å²) in [6.45, 7) is 5.71. The van der Waals surface area contributed by atoms with E-state index in [0.29, 0.717) is 30.0 Å². The van der Waals surface area contributed by atoms with Gasteiger partial charge in [-0.2, -0.15) is 5.10 Å². The molecule has 0 saturated heterocycles. The van der Waals surface area contributed by atoms with Crippen molar-refractivity contribution in [2.45, 2.75) is 38.5 Å². The normalized spacial score (nSPS) is 12.9. The molecule has 1 heterocycles. The van der Waals surface area contributed by atoms with Gasteiger partial charge in [0.25, 0.3) is 15.7 Å².